The molecule has 2 heterocycles. The number of aliphatic hydroxyl groups excluding tert-OH is 1. The lowest BCUT2D eigenvalue weighted by atomic mass is 9.94. The molecule has 0 aliphatic carbocycles. The van der Waals surface area contributed by atoms with Gasteiger partial charge in [0.05, 0.1) is 6.04 Å². The average Bonchev–Trinajstić information content (AvgIpc) is 2.72. The van der Waals surface area contributed by atoms with Gasteiger partial charge >= 0.3 is 0 Å². The number of allylic oxidation sites excluding steroid dienone is 2. The Morgan fingerprint density at radius 2 is 1.89 bits per heavy atom. The van der Waals surface area contributed by atoms with Gasteiger partial charge in [0.1, 0.15) is 17.3 Å². The maximum atomic E-state index is 11.0. The Labute approximate surface area is 161 Å². The van der Waals surface area contributed by atoms with E-state index in [1.807, 2.05) is 62.4 Å². The van der Waals surface area contributed by atoms with Gasteiger partial charge in [-0.3, -0.25) is 4.98 Å². The van der Waals surface area contributed by atoms with Crippen LogP contribution in [0.25, 0.3) is 11.8 Å². The van der Waals surface area contributed by atoms with E-state index in [1.165, 1.54) is 0 Å². The number of hydrogen-bond donors (Lipinski definition) is 2. The minimum atomic E-state index is -0.349. The molecule has 0 amide bonds. The number of rotatable bonds is 8. The SMILES string of the molecule is C=C/C(=C(/O)c1ncccc1C=C)C(Nc1ccccn1)C(/C=C\C)=C/C. The van der Waals surface area contributed by atoms with Crippen LogP contribution in [0.1, 0.15) is 25.1 Å². The fourth-order valence-electron chi connectivity index (χ4n) is 2.76. The number of aromatic nitrogens is 2. The number of anilines is 1. The molecule has 138 valence electrons. The van der Waals surface area contributed by atoms with Crippen LogP contribution < -0.4 is 5.32 Å². The summed E-state index contributed by atoms with van der Waals surface area (Å²) < 4.78 is 0. The van der Waals surface area contributed by atoms with Gasteiger partial charge in [-0.25, -0.2) is 4.98 Å². The third-order valence-corrected chi connectivity index (χ3v) is 4.07. The molecule has 0 aliphatic heterocycles. The highest BCUT2D eigenvalue weighted by molar-refractivity contribution is 5.72. The van der Waals surface area contributed by atoms with Crippen molar-refractivity contribution in [1.82, 2.24) is 9.97 Å². The van der Waals surface area contributed by atoms with Gasteiger partial charge < -0.3 is 10.4 Å². The van der Waals surface area contributed by atoms with Gasteiger partial charge in [0, 0.05) is 23.5 Å². The first kappa shape index (κ1) is 19.9. The second-order valence-electron chi connectivity index (χ2n) is 5.73. The summed E-state index contributed by atoms with van der Waals surface area (Å²) in [7, 11) is 0. The first-order valence-electron chi connectivity index (χ1n) is 8.76. The molecule has 2 aromatic rings. The summed E-state index contributed by atoms with van der Waals surface area (Å²) in [6.07, 6.45) is 12.6. The Morgan fingerprint density at radius 1 is 1.11 bits per heavy atom. The molecule has 1 atom stereocenters. The highest BCUT2D eigenvalue weighted by Gasteiger charge is 2.21. The quantitative estimate of drug-likeness (QED) is 0.477. The van der Waals surface area contributed by atoms with E-state index in [1.54, 1.807) is 24.5 Å². The number of pyridine rings is 2. The Morgan fingerprint density at radius 3 is 2.48 bits per heavy atom. The summed E-state index contributed by atoms with van der Waals surface area (Å²) in [5.41, 5.74) is 2.79. The summed E-state index contributed by atoms with van der Waals surface area (Å²) in [6.45, 7) is 11.6. The van der Waals surface area contributed by atoms with Crippen molar-refractivity contribution in [2.24, 2.45) is 0 Å². The molecule has 2 N–H and O–H groups in total. The van der Waals surface area contributed by atoms with Crippen LogP contribution in [0.4, 0.5) is 5.82 Å². The predicted molar refractivity (Wildman–Crippen MR) is 114 cm³/mol. The minimum absolute atomic E-state index is 0.0535. The predicted octanol–water partition coefficient (Wildman–Crippen LogP) is 5.58. The third-order valence-electron chi connectivity index (χ3n) is 4.07. The lowest BCUT2D eigenvalue weighted by Crippen LogP contribution is -2.25. The Hall–Kier alpha value is -3.40. The fourth-order valence-corrected chi connectivity index (χ4v) is 2.76. The van der Waals surface area contributed by atoms with Crippen molar-refractivity contribution in [3.05, 3.63) is 103 Å². The topological polar surface area (TPSA) is 58.0 Å². The van der Waals surface area contributed by atoms with E-state index >= 15 is 0 Å². The zero-order chi connectivity index (χ0) is 19.6. The number of hydrogen-bond acceptors (Lipinski definition) is 4. The standard InChI is InChI=1S/C23H25N3O/c1-5-12-17(6-2)21(26-20-14-9-10-15-24-20)19(8-4)23(27)22-18(7-3)13-11-16-25-22/h5-16,21,27H,3-4H2,1-2H3,(H,24,26)/b12-5-,17-6+,23-19-. The maximum absolute atomic E-state index is 11.0. The molecule has 1 unspecified atom stereocenters. The van der Waals surface area contributed by atoms with Crippen molar-refractivity contribution in [3.8, 4) is 0 Å². The molecule has 0 saturated heterocycles. The smallest absolute Gasteiger partial charge is 0.147 e. The van der Waals surface area contributed by atoms with Crippen LogP contribution in [0.15, 0.2) is 91.3 Å². The fraction of sp³-hybridized carbons (Fsp3) is 0.130. The zero-order valence-corrected chi connectivity index (χ0v) is 15.8. The molecule has 0 saturated carbocycles. The van der Waals surface area contributed by atoms with Crippen LogP contribution in [-0.2, 0) is 0 Å². The summed E-state index contributed by atoms with van der Waals surface area (Å²) in [6, 6.07) is 8.96. The highest BCUT2D eigenvalue weighted by atomic mass is 16.3. The van der Waals surface area contributed by atoms with Crippen LogP contribution in [0, 0.1) is 0 Å². The van der Waals surface area contributed by atoms with E-state index in [-0.39, 0.29) is 11.8 Å². The van der Waals surface area contributed by atoms with Gasteiger partial charge in [-0.15, -0.1) is 0 Å². The molecular weight excluding hydrogens is 334 g/mol. The zero-order valence-electron chi connectivity index (χ0n) is 15.8. The molecule has 2 rings (SSSR count). The van der Waals surface area contributed by atoms with Crippen molar-refractivity contribution in [1.29, 1.82) is 0 Å². The van der Waals surface area contributed by atoms with E-state index in [2.05, 4.69) is 28.4 Å². The first-order chi connectivity index (χ1) is 13.2. The second-order valence-corrected chi connectivity index (χ2v) is 5.73. The van der Waals surface area contributed by atoms with Gasteiger partial charge in [-0.2, -0.15) is 0 Å². The van der Waals surface area contributed by atoms with Crippen molar-refractivity contribution in [2.75, 3.05) is 5.32 Å². The van der Waals surface area contributed by atoms with E-state index in [4.69, 9.17) is 0 Å². The van der Waals surface area contributed by atoms with Gasteiger partial charge in [-0.1, -0.05) is 55.7 Å². The molecule has 0 aromatic carbocycles. The number of nitrogens with one attached hydrogen (secondary N) is 1. The van der Waals surface area contributed by atoms with Crippen molar-refractivity contribution < 1.29 is 5.11 Å². The average molecular weight is 359 g/mol. The summed E-state index contributed by atoms with van der Waals surface area (Å²) in [5.74, 6) is 0.751. The van der Waals surface area contributed by atoms with Gasteiger partial charge in [-0.05, 0) is 37.6 Å². The summed E-state index contributed by atoms with van der Waals surface area (Å²) in [5, 5.41) is 14.4. The van der Waals surface area contributed by atoms with Crippen LogP contribution >= 0.6 is 0 Å². The Bertz CT molecular complexity index is 880. The van der Waals surface area contributed by atoms with Crippen molar-refractivity contribution in [3.63, 3.8) is 0 Å². The lowest BCUT2D eigenvalue weighted by molar-refractivity contribution is 0.502. The number of nitrogens with zero attached hydrogens (tertiary/aromatic N) is 2. The largest absolute Gasteiger partial charge is 0.505 e. The molecule has 4 heteroatoms. The molecule has 0 fully saturated rings. The molecule has 0 bridgehead atoms. The van der Waals surface area contributed by atoms with Crippen LogP contribution in [0.2, 0.25) is 0 Å². The van der Waals surface area contributed by atoms with Gasteiger partial charge in [0.15, 0.2) is 0 Å². The first-order valence-corrected chi connectivity index (χ1v) is 8.76. The van der Waals surface area contributed by atoms with E-state index in [0.29, 0.717) is 17.1 Å². The van der Waals surface area contributed by atoms with Crippen LogP contribution in [-0.4, -0.2) is 21.1 Å². The summed E-state index contributed by atoms with van der Waals surface area (Å²) in [4.78, 5) is 8.68. The minimum Gasteiger partial charge on any atom is -0.505 e. The number of aliphatic hydroxyl groups is 1. The van der Waals surface area contributed by atoms with Crippen molar-refractivity contribution in [2.45, 2.75) is 19.9 Å². The molecule has 0 aliphatic rings. The van der Waals surface area contributed by atoms with E-state index in [0.717, 1.165) is 11.1 Å². The highest BCUT2D eigenvalue weighted by Crippen LogP contribution is 2.27. The molecule has 4 nitrogen and oxygen atoms in total. The third kappa shape index (κ3) is 4.82. The van der Waals surface area contributed by atoms with Crippen molar-refractivity contribution >= 4 is 17.7 Å². The van der Waals surface area contributed by atoms with Gasteiger partial charge in [0.2, 0.25) is 0 Å². The van der Waals surface area contributed by atoms with Gasteiger partial charge in [0.25, 0.3) is 0 Å². The lowest BCUT2D eigenvalue weighted by Gasteiger charge is -2.23. The van der Waals surface area contributed by atoms with Crippen LogP contribution in [0.3, 0.4) is 0 Å². The molecule has 27 heavy (non-hydrogen) atoms. The normalized spacial score (nSPS) is 13.8. The molecule has 2 aromatic heterocycles. The maximum Gasteiger partial charge on any atom is 0.147 e. The molecule has 0 spiro atoms. The Balaban J connectivity index is 2.62. The van der Waals surface area contributed by atoms with E-state index < -0.39 is 0 Å². The second kappa shape index (κ2) is 9.92. The summed E-state index contributed by atoms with van der Waals surface area (Å²) >= 11 is 0. The van der Waals surface area contributed by atoms with Crippen LogP contribution in [0.5, 0.6) is 0 Å². The monoisotopic (exact) mass is 359 g/mol. The molecular formula is C23H25N3O. The van der Waals surface area contributed by atoms with E-state index in [9.17, 15) is 5.11 Å². The molecule has 0 radical (unpaired) electrons. The Kier molecular flexibility index (Phi) is 7.32.